The van der Waals surface area contributed by atoms with Crippen molar-refractivity contribution in [2.75, 3.05) is 0 Å². The van der Waals surface area contributed by atoms with Gasteiger partial charge in [-0.1, -0.05) is 156 Å². The molecule has 0 aliphatic heterocycles. The summed E-state index contributed by atoms with van der Waals surface area (Å²) in [6.45, 7) is 9.35. The molecule has 0 amide bonds. The molecule has 0 saturated heterocycles. The molecule has 5 nitrogen and oxygen atoms in total. The summed E-state index contributed by atoms with van der Waals surface area (Å²) >= 11 is 0. The lowest BCUT2D eigenvalue weighted by Gasteiger charge is -2.18. The van der Waals surface area contributed by atoms with Gasteiger partial charge in [0.2, 0.25) is 0 Å². The Morgan fingerprint density at radius 3 is 2.23 bits per heavy atom. The highest BCUT2D eigenvalue weighted by atomic mass is 16.5. The number of nitrogens with zero attached hydrogens (tertiary/aromatic N) is 4. The summed E-state index contributed by atoms with van der Waals surface area (Å²) in [5.74, 6) is 1.37. The first-order valence-corrected chi connectivity index (χ1v) is 20.8. The molecule has 10 rings (SSSR count). The molecule has 0 fully saturated rings. The van der Waals surface area contributed by atoms with E-state index in [1.807, 2.05) is 164 Å². The van der Waals surface area contributed by atoms with Crippen molar-refractivity contribution in [3.63, 3.8) is 0 Å². The number of rotatable bonds is 10. The van der Waals surface area contributed by atoms with Gasteiger partial charge < -0.3 is 4.74 Å². The minimum absolute atomic E-state index is 0.0277. The molecule has 0 bridgehead atoms. The minimum atomic E-state index is -1.65. The topological polar surface area (TPSA) is 35.9 Å². The van der Waals surface area contributed by atoms with E-state index in [-0.39, 0.29) is 23.6 Å². The predicted octanol–water partition coefficient (Wildman–Crippen LogP) is 14.1. The molecule has 10 aromatic rings. The minimum Gasteiger partial charge on any atom is -0.458 e. The number of fused-ring (bicyclic) bond motifs is 4. The van der Waals surface area contributed by atoms with Gasteiger partial charge in [0.25, 0.3) is 6.33 Å². The molecule has 7 aromatic carbocycles. The Balaban J connectivity index is 1.12. The predicted molar refractivity (Wildman–Crippen MR) is 255 cm³/mol. The van der Waals surface area contributed by atoms with E-state index in [0.717, 1.165) is 27.3 Å². The Labute approximate surface area is 376 Å². The fourth-order valence-corrected chi connectivity index (χ4v) is 8.27. The normalized spacial score (nSPS) is 14.5. The molecule has 0 spiro atoms. The van der Waals surface area contributed by atoms with Crippen LogP contribution in [-0.4, -0.2) is 14.1 Å². The van der Waals surface area contributed by atoms with Crippen LogP contribution in [0.2, 0.25) is 0 Å². The molecule has 0 aliphatic carbocycles. The van der Waals surface area contributed by atoms with Crippen LogP contribution >= 0.6 is 0 Å². The van der Waals surface area contributed by atoms with Crippen molar-refractivity contribution in [2.24, 2.45) is 11.3 Å². The van der Waals surface area contributed by atoms with Crippen LogP contribution in [0.25, 0.3) is 72.3 Å². The number of hydrogen-bond acceptors (Lipinski definition) is 2. The summed E-state index contributed by atoms with van der Waals surface area (Å²) in [6, 6.07) is 43.6. The molecule has 0 atom stereocenters. The third kappa shape index (κ3) is 7.56. The zero-order valence-electron chi connectivity index (χ0n) is 44.2. The van der Waals surface area contributed by atoms with Gasteiger partial charge in [-0.3, -0.25) is 13.7 Å². The second-order valence-electron chi connectivity index (χ2n) is 16.7. The first-order valence-electron chi connectivity index (χ1n) is 25.3. The van der Waals surface area contributed by atoms with Crippen LogP contribution in [0.15, 0.2) is 182 Å². The molecule has 304 valence electrons. The van der Waals surface area contributed by atoms with E-state index in [4.69, 9.17) is 22.1 Å². The maximum absolute atomic E-state index is 9.09. The highest BCUT2D eigenvalue weighted by Crippen LogP contribution is 2.37. The van der Waals surface area contributed by atoms with Gasteiger partial charge in [0.05, 0.1) is 40.3 Å². The SMILES string of the molecule is [2H]c1c([2H])c([2H])c(-c2cccc(-c3cccc(C([2H])([2H])C(C)C)c3)c2-[n+]2[c-]n(-c3cccc(Oc4ccc5c6ccccc6n(-c6cc(C([2H])([2H])C(C)(C)C)ccn6)c5c4)c3)c3ccccc32)c([2H])c1[2H]. The molecule has 0 saturated carbocycles. The molecular weight excluding hydrogens is 757 g/mol. The number of aromatic nitrogens is 4. The number of pyridine rings is 1. The number of imidazole rings is 1. The Bertz CT molecular complexity index is 3710. The van der Waals surface area contributed by atoms with Crippen molar-refractivity contribution < 1.29 is 21.6 Å². The Morgan fingerprint density at radius 2 is 1.40 bits per heavy atom. The van der Waals surface area contributed by atoms with Crippen molar-refractivity contribution in [3.05, 3.63) is 199 Å². The fraction of sp³-hybridized carbons (Fsp3) is 0.158. The molecule has 3 heterocycles. The Morgan fingerprint density at radius 1 is 0.677 bits per heavy atom. The zero-order chi connectivity index (χ0) is 50.3. The van der Waals surface area contributed by atoms with Gasteiger partial charge in [-0.2, -0.15) is 0 Å². The summed E-state index contributed by atoms with van der Waals surface area (Å²) in [7, 11) is 0. The largest absolute Gasteiger partial charge is 0.458 e. The molecule has 0 unspecified atom stereocenters. The lowest BCUT2D eigenvalue weighted by molar-refractivity contribution is -0.571. The van der Waals surface area contributed by atoms with E-state index in [9.17, 15) is 0 Å². The first-order chi connectivity index (χ1) is 33.8. The Hall–Kier alpha value is -7.24. The average Bonchev–Trinajstić information content (AvgIpc) is 3.91. The van der Waals surface area contributed by atoms with Crippen LogP contribution < -0.4 is 9.30 Å². The van der Waals surface area contributed by atoms with E-state index < -0.39 is 36.3 Å². The Kier molecular flexibility index (Phi) is 7.71. The molecule has 3 aromatic heterocycles. The number of para-hydroxylation sites is 4. The van der Waals surface area contributed by atoms with E-state index in [2.05, 4.69) is 12.4 Å². The third-order valence-electron chi connectivity index (χ3n) is 10.7. The quantitative estimate of drug-likeness (QED) is 0.102. The van der Waals surface area contributed by atoms with Crippen LogP contribution in [0.3, 0.4) is 0 Å². The summed E-state index contributed by atoms with van der Waals surface area (Å²) < 4.78 is 92.2. The van der Waals surface area contributed by atoms with Crippen LogP contribution in [0.4, 0.5) is 0 Å². The van der Waals surface area contributed by atoms with E-state index in [1.165, 1.54) is 0 Å². The lowest BCUT2D eigenvalue weighted by atomic mass is 9.88. The molecule has 0 N–H and O–H groups in total. The van der Waals surface area contributed by atoms with Crippen LogP contribution in [0, 0.1) is 17.7 Å². The van der Waals surface area contributed by atoms with Crippen molar-refractivity contribution in [2.45, 2.75) is 47.4 Å². The third-order valence-corrected chi connectivity index (χ3v) is 10.7. The van der Waals surface area contributed by atoms with Gasteiger partial charge in [-0.15, -0.1) is 0 Å². The first kappa shape index (κ1) is 29.9. The maximum Gasteiger partial charge on any atom is 0.269 e. The molecule has 5 heteroatoms. The molecular formula is C57H50N4O. The van der Waals surface area contributed by atoms with Gasteiger partial charge in [0.1, 0.15) is 17.3 Å². The molecule has 0 radical (unpaired) electrons. The number of hydrogen-bond donors (Lipinski definition) is 0. The van der Waals surface area contributed by atoms with Crippen molar-refractivity contribution >= 4 is 32.8 Å². The maximum atomic E-state index is 9.09. The number of ether oxygens (including phenoxy) is 1. The monoisotopic (exact) mass is 815 g/mol. The molecule has 62 heavy (non-hydrogen) atoms. The molecule has 0 aliphatic rings. The van der Waals surface area contributed by atoms with Crippen LogP contribution in [0.1, 0.15) is 58.1 Å². The number of benzene rings is 7. The highest BCUT2D eigenvalue weighted by Gasteiger charge is 2.21. The van der Waals surface area contributed by atoms with Crippen LogP contribution in [0.5, 0.6) is 11.5 Å². The van der Waals surface area contributed by atoms with Gasteiger partial charge in [0.15, 0.2) is 0 Å². The van der Waals surface area contributed by atoms with E-state index in [1.54, 1.807) is 30.5 Å². The highest BCUT2D eigenvalue weighted by molar-refractivity contribution is 6.09. The smallest absolute Gasteiger partial charge is 0.269 e. The fourth-order valence-electron chi connectivity index (χ4n) is 8.27. The van der Waals surface area contributed by atoms with Crippen molar-refractivity contribution in [1.29, 1.82) is 0 Å². The van der Waals surface area contributed by atoms with E-state index in [0.29, 0.717) is 62.0 Å². The van der Waals surface area contributed by atoms with Gasteiger partial charge >= 0.3 is 0 Å². The van der Waals surface area contributed by atoms with E-state index >= 15 is 0 Å². The van der Waals surface area contributed by atoms with Crippen molar-refractivity contribution in [3.8, 4) is 50.9 Å². The zero-order valence-corrected chi connectivity index (χ0v) is 35.2. The van der Waals surface area contributed by atoms with Gasteiger partial charge in [0, 0.05) is 28.5 Å². The second kappa shape index (κ2) is 16.0. The van der Waals surface area contributed by atoms with Crippen LogP contribution in [-0.2, 0) is 12.7 Å². The standard InChI is InChI=1S/C57H50N4O/c1-39(2)32-40-16-13-19-43(33-40)48-24-15-23-47(42-17-7-6-8-18-42)56(48)60-38-59(52-26-11-12-27-53(52)60)44-20-14-21-45(35-44)62-46-28-29-50-49-22-9-10-25-51(49)61(54(50)36-46)55-34-41(30-31-58-55)37-57(3,4)5/h6-31,33-36,39H,32,37H2,1-5H3/i6D,7D,8D,17D,18D,32D2,37D2. The summed E-state index contributed by atoms with van der Waals surface area (Å²) in [5.41, 5.74) is 6.51. The lowest BCUT2D eigenvalue weighted by Crippen LogP contribution is -2.31. The summed E-state index contributed by atoms with van der Waals surface area (Å²) in [5, 5.41) is 2.00. The van der Waals surface area contributed by atoms with Gasteiger partial charge in [-0.25, -0.2) is 4.98 Å². The summed E-state index contributed by atoms with van der Waals surface area (Å²) in [4.78, 5) is 4.76. The van der Waals surface area contributed by atoms with Gasteiger partial charge in [-0.05, 0) is 106 Å². The average molecular weight is 816 g/mol. The second-order valence-corrected chi connectivity index (χ2v) is 16.7. The summed E-state index contributed by atoms with van der Waals surface area (Å²) in [6.07, 6.45) is 1.96. The van der Waals surface area contributed by atoms with Crippen molar-refractivity contribution in [1.82, 2.24) is 14.1 Å².